The molecule has 0 bridgehead atoms. The third kappa shape index (κ3) is 1.49. The van der Waals surface area contributed by atoms with Gasteiger partial charge in [-0.1, -0.05) is 15.9 Å². The molecule has 1 heterocycles. The van der Waals surface area contributed by atoms with E-state index in [0.717, 1.165) is 9.17 Å². The van der Waals surface area contributed by atoms with Gasteiger partial charge in [0.2, 0.25) is 0 Å². The smallest absolute Gasteiger partial charge is 0.336 e. The van der Waals surface area contributed by atoms with Crippen LogP contribution < -0.4 is 5.73 Å². The summed E-state index contributed by atoms with van der Waals surface area (Å²) < 4.78 is 1.64. The predicted molar refractivity (Wildman–Crippen MR) is 60.9 cm³/mol. The normalized spacial score (nSPS) is 10.6. The molecule has 2 rings (SSSR count). The first-order valence-electron chi connectivity index (χ1n) is 3.80. The summed E-state index contributed by atoms with van der Waals surface area (Å²) in [6.07, 6.45) is 0. The monoisotopic (exact) mass is 271 g/mol. The lowest BCUT2D eigenvalue weighted by Gasteiger charge is -1.97. The zero-order chi connectivity index (χ0) is 10.3. The van der Waals surface area contributed by atoms with Crippen LogP contribution in [0.4, 0.5) is 5.00 Å². The molecule has 0 amide bonds. The molecule has 14 heavy (non-hydrogen) atoms. The fraction of sp³-hybridized carbons (Fsp3) is 0. The van der Waals surface area contributed by atoms with Crippen molar-refractivity contribution >= 4 is 48.3 Å². The fourth-order valence-electron chi connectivity index (χ4n) is 1.30. The fourth-order valence-corrected chi connectivity index (χ4v) is 2.81. The van der Waals surface area contributed by atoms with Crippen molar-refractivity contribution in [2.45, 2.75) is 0 Å². The minimum atomic E-state index is -0.936. The van der Waals surface area contributed by atoms with Crippen molar-refractivity contribution in [1.29, 1.82) is 0 Å². The lowest BCUT2D eigenvalue weighted by atomic mass is 10.1. The van der Waals surface area contributed by atoms with Crippen molar-refractivity contribution in [2.75, 3.05) is 5.73 Å². The number of halogens is 1. The molecule has 2 aromatic rings. The van der Waals surface area contributed by atoms with E-state index in [9.17, 15) is 4.79 Å². The van der Waals surface area contributed by atoms with Crippen molar-refractivity contribution < 1.29 is 9.90 Å². The van der Waals surface area contributed by atoms with Gasteiger partial charge in [-0.3, -0.25) is 0 Å². The summed E-state index contributed by atoms with van der Waals surface area (Å²) in [7, 11) is 0. The molecule has 1 aromatic carbocycles. The van der Waals surface area contributed by atoms with E-state index in [1.165, 1.54) is 11.3 Å². The number of carbonyl (C=O) groups is 1. The van der Waals surface area contributed by atoms with E-state index in [2.05, 4.69) is 15.9 Å². The standard InChI is InChI=1S/C9H6BrNO2S/c10-4-1-6(9(12)13)5-3-8(11)14-7(5)2-4/h1-3H,11H2,(H,12,13). The van der Waals surface area contributed by atoms with Gasteiger partial charge >= 0.3 is 5.97 Å². The predicted octanol–water partition coefficient (Wildman–Crippen LogP) is 2.94. The first-order chi connectivity index (χ1) is 6.58. The number of nitrogen functional groups attached to an aromatic ring is 1. The molecule has 5 heteroatoms. The second-order valence-corrected chi connectivity index (χ2v) is 4.85. The SMILES string of the molecule is Nc1cc2c(C(=O)O)cc(Br)cc2s1. The van der Waals surface area contributed by atoms with Crippen LogP contribution in [-0.2, 0) is 0 Å². The Morgan fingerprint density at radius 3 is 2.79 bits per heavy atom. The largest absolute Gasteiger partial charge is 0.478 e. The number of carboxylic acid groups (broad SMARTS) is 1. The number of fused-ring (bicyclic) bond motifs is 1. The summed E-state index contributed by atoms with van der Waals surface area (Å²) in [6, 6.07) is 5.13. The number of hydrogen-bond donors (Lipinski definition) is 2. The van der Waals surface area contributed by atoms with E-state index in [0.29, 0.717) is 10.4 Å². The van der Waals surface area contributed by atoms with E-state index in [4.69, 9.17) is 10.8 Å². The van der Waals surface area contributed by atoms with E-state index in [-0.39, 0.29) is 5.56 Å². The number of aromatic carboxylic acids is 1. The van der Waals surface area contributed by atoms with Gasteiger partial charge in [0.05, 0.1) is 10.6 Å². The first kappa shape index (κ1) is 9.48. The summed E-state index contributed by atoms with van der Waals surface area (Å²) in [4.78, 5) is 10.9. The van der Waals surface area contributed by atoms with Crippen molar-refractivity contribution in [3.63, 3.8) is 0 Å². The molecule has 1 aromatic heterocycles. The first-order valence-corrected chi connectivity index (χ1v) is 5.41. The third-order valence-corrected chi connectivity index (χ3v) is 3.22. The molecule has 0 atom stereocenters. The molecule has 3 nitrogen and oxygen atoms in total. The average Bonchev–Trinajstić information content (AvgIpc) is 2.42. The van der Waals surface area contributed by atoms with E-state index in [1.807, 2.05) is 6.07 Å². The molecule has 0 radical (unpaired) electrons. The van der Waals surface area contributed by atoms with Crippen LogP contribution in [0.25, 0.3) is 10.1 Å². The number of benzene rings is 1. The average molecular weight is 272 g/mol. The number of rotatable bonds is 1. The van der Waals surface area contributed by atoms with Crippen LogP contribution in [0.15, 0.2) is 22.7 Å². The molecule has 0 fully saturated rings. The van der Waals surface area contributed by atoms with Gasteiger partial charge in [-0.05, 0) is 18.2 Å². The van der Waals surface area contributed by atoms with E-state index >= 15 is 0 Å². The van der Waals surface area contributed by atoms with Crippen molar-refractivity contribution in [3.05, 3.63) is 28.2 Å². The maximum atomic E-state index is 10.9. The Kier molecular flexibility index (Phi) is 2.20. The van der Waals surface area contributed by atoms with Crippen LogP contribution in [0, 0.1) is 0 Å². The van der Waals surface area contributed by atoms with Gasteiger partial charge < -0.3 is 10.8 Å². The second-order valence-electron chi connectivity index (χ2n) is 2.82. The molecule has 0 aliphatic carbocycles. The van der Waals surface area contributed by atoms with Gasteiger partial charge in [0.1, 0.15) is 0 Å². The highest BCUT2D eigenvalue weighted by molar-refractivity contribution is 9.10. The summed E-state index contributed by atoms with van der Waals surface area (Å²) in [5.41, 5.74) is 5.90. The lowest BCUT2D eigenvalue weighted by Crippen LogP contribution is -1.96. The number of nitrogens with two attached hydrogens (primary N) is 1. The highest BCUT2D eigenvalue weighted by Crippen LogP contribution is 2.32. The zero-order valence-electron chi connectivity index (χ0n) is 6.95. The van der Waals surface area contributed by atoms with Gasteiger partial charge in [-0.15, -0.1) is 11.3 Å². The van der Waals surface area contributed by atoms with Gasteiger partial charge in [0.15, 0.2) is 0 Å². The lowest BCUT2D eigenvalue weighted by molar-refractivity contribution is 0.0699. The summed E-state index contributed by atoms with van der Waals surface area (Å²) in [6.45, 7) is 0. The molecule has 3 N–H and O–H groups in total. The zero-order valence-corrected chi connectivity index (χ0v) is 9.35. The Morgan fingerprint density at radius 1 is 1.43 bits per heavy atom. The summed E-state index contributed by atoms with van der Waals surface area (Å²) in [5, 5.41) is 10.3. The van der Waals surface area contributed by atoms with Gasteiger partial charge in [-0.25, -0.2) is 4.79 Å². The molecule has 0 aliphatic rings. The molecular weight excluding hydrogens is 266 g/mol. The maximum Gasteiger partial charge on any atom is 0.336 e. The van der Waals surface area contributed by atoms with E-state index < -0.39 is 5.97 Å². The molecule has 0 aliphatic heterocycles. The minimum Gasteiger partial charge on any atom is -0.478 e. The highest BCUT2D eigenvalue weighted by atomic mass is 79.9. The van der Waals surface area contributed by atoms with Crippen molar-refractivity contribution in [3.8, 4) is 0 Å². The minimum absolute atomic E-state index is 0.280. The molecular formula is C9H6BrNO2S. The molecule has 0 unspecified atom stereocenters. The van der Waals surface area contributed by atoms with Crippen molar-refractivity contribution in [1.82, 2.24) is 0 Å². The Balaban J connectivity index is 2.85. The topological polar surface area (TPSA) is 63.3 Å². The Morgan fingerprint density at radius 2 is 2.14 bits per heavy atom. The number of hydrogen-bond acceptors (Lipinski definition) is 3. The van der Waals surface area contributed by atoms with E-state index in [1.54, 1.807) is 12.1 Å². The summed E-state index contributed by atoms with van der Waals surface area (Å²) in [5.74, 6) is -0.936. The second kappa shape index (κ2) is 3.25. The quantitative estimate of drug-likeness (QED) is 0.838. The third-order valence-electron chi connectivity index (χ3n) is 1.85. The maximum absolute atomic E-state index is 10.9. The number of carboxylic acids is 1. The Labute approximate surface area is 92.3 Å². The van der Waals surface area contributed by atoms with Crippen LogP contribution in [0.3, 0.4) is 0 Å². The molecule has 0 saturated carbocycles. The number of anilines is 1. The number of thiophene rings is 1. The van der Waals surface area contributed by atoms with Crippen LogP contribution >= 0.6 is 27.3 Å². The van der Waals surface area contributed by atoms with Crippen molar-refractivity contribution in [2.24, 2.45) is 0 Å². The molecule has 0 saturated heterocycles. The Bertz CT molecular complexity index is 521. The van der Waals surface area contributed by atoms with Gasteiger partial charge in [-0.2, -0.15) is 0 Å². The summed E-state index contributed by atoms with van der Waals surface area (Å²) >= 11 is 4.65. The van der Waals surface area contributed by atoms with Gasteiger partial charge in [0.25, 0.3) is 0 Å². The van der Waals surface area contributed by atoms with Crippen LogP contribution in [0.2, 0.25) is 0 Å². The molecule has 0 spiro atoms. The van der Waals surface area contributed by atoms with Crippen LogP contribution in [-0.4, -0.2) is 11.1 Å². The highest BCUT2D eigenvalue weighted by Gasteiger charge is 2.11. The van der Waals surface area contributed by atoms with Crippen LogP contribution in [0.1, 0.15) is 10.4 Å². The molecule has 72 valence electrons. The van der Waals surface area contributed by atoms with Gasteiger partial charge in [0, 0.05) is 14.6 Å². The van der Waals surface area contributed by atoms with Crippen LogP contribution in [0.5, 0.6) is 0 Å². The Hall–Kier alpha value is -1.07.